The SMILES string of the molecule is CN=C(NCCc1ccc(OC)cc1O)NC1CC=CC1. The van der Waals surface area contributed by atoms with Gasteiger partial charge < -0.3 is 20.5 Å². The van der Waals surface area contributed by atoms with Gasteiger partial charge in [0.1, 0.15) is 11.5 Å². The summed E-state index contributed by atoms with van der Waals surface area (Å²) >= 11 is 0. The Kier molecular flexibility index (Phi) is 5.49. The molecule has 21 heavy (non-hydrogen) atoms. The summed E-state index contributed by atoms with van der Waals surface area (Å²) in [5.74, 6) is 1.73. The average Bonchev–Trinajstić information content (AvgIpc) is 3.00. The van der Waals surface area contributed by atoms with Crippen molar-refractivity contribution in [2.24, 2.45) is 4.99 Å². The van der Waals surface area contributed by atoms with Crippen LogP contribution >= 0.6 is 0 Å². The quantitative estimate of drug-likeness (QED) is 0.439. The van der Waals surface area contributed by atoms with E-state index in [1.54, 1.807) is 20.2 Å². The highest BCUT2D eigenvalue weighted by Gasteiger charge is 2.11. The maximum Gasteiger partial charge on any atom is 0.191 e. The van der Waals surface area contributed by atoms with Gasteiger partial charge in [-0.15, -0.1) is 0 Å². The zero-order valence-electron chi connectivity index (χ0n) is 12.6. The van der Waals surface area contributed by atoms with Crippen molar-refractivity contribution in [3.63, 3.8) is 0 Å². The van der Waals surface area contributed by atoms with E-state index in [1.165, 1.54) is 0 Å². The van der Waals surface area contributed by atoms with Gasteiger partial charge in [-0.1, -0.05) is 18.2 Å². The van der Waals surface area contributed by atoms with Crippen LogP contribution in [0.25, 0.3) is 0 Å². The molecule has 0 saturated carbocycles. The van der Waals surface area contributed by atoms with Crippen molar-refractivity contribution < 1.29 is 9.84 Å². The Balaban J connectivity index is 1.79. The number of benzene rings is 1. The first-order chi connectivity index (χ1) is 10.2. The fraction of sp³-hybridized carbons (Fsp3) is 0.438. The van der Waals surface area contributed by atoms with Gasteiger partial charge in [0, 0.05) is 25.7 Å². The third kappa shape index (κ3) is 4.41. The molecule has 0 amide bonds. The molecule has 1 aliphatic carbocycles. The Labute approximate surface area is 125 Å². The van der Waals surface area contributed by atoms with Crippen LogP contribution in [0.3, 0.4) is 0 Å². The summed E-state index contributed by atoms with van der Waals surface area (Å²) < 4.78 is 5.07. The molecule has 0 spiro atoms. The number of methoxy groups -OCH3 is 1. The minimum atomic E-state index is 0.263. The van der Waals surface area contributed by atoms with Gasteiger partial charge in [-0.25, -0.2) is 0 Å². The molecular formula is C16H23N3O2. The molecule has 0 heterocycles. The van der Waals surface area contributed by atoms with Gasteiger partial charge in [0.15, 0.2) is 5.96 Å². The van der Waals surface area contributed by atoms with E-state index in [0.717, 1.165) is 30.8 Å². The normalized spacial score (nSPS) is 15.2. The molecule has 0 radical (unpaired) electrons. The van der Waals surface area contributed by atoms with Crippen LogP contribution in [0.5, 0.6) is 11.5 Å². The fourth-order valence-electron chi connectivity index (χ4n) is 2.32. The smallest absolute Gasteiger partial charge is 0.191 e. The number of aliphatic imine (C=N–C) groups is 1. The van der Waals surface area contributed by atoms with E-state index in [0.29, 0.717) is 18.3 Å². The van der Waals surface area contributed by atoms with Crippen molar-refractivity contribution in [1.82, 2.24) is 10.6 Å². The van der Waals surface area contributed by atoms with Gasteiger partial charge in [-0.3, -0.25) is 4.99 Å². The van der Waals surface area contributed by atoms with E-state index in [-0.39, 0.29) is 5.75 Å². The summed E-state index contributed by atoms with van der Waals surface area (Å²) in [4.78, 5) is 4.22. The first-order valence-electron chi connectivity index (χ1n) is 7.21. The molecule has 0 aromatic heterocycles. The molecule has 5 nitrogen and oxygen atoms in total. The van der Waals surface area contributed by atoms with Gasteiger partial charge in [-0.05, 0) is 30.9 Å². The Morgan fingerprint density at radius 2 is 2.14 bits per heavy atom. The molecule has 0 saturated heterocycles. The van der Waals surface area contributed by atoms with Crippen LogP contribution in [0.15, 0.2) is 35.3 Å². The maximum atomic E-state index is 9.91. The summed E-state index contributed by atoms with van der Waals surface area (Å²) in [6.45, 7) is 0.708. The lowest BCUT2D eigenvalue weighted by atomic mass is 10.1. The van der Waals surface area contributed by atoms with Crippen molar-refractivity contribution in [2.75, 3.05) is 20.7 Å². The molecule has 5 heteroatoms. The highest BCUT2D eigenvalue weighted by atomic mass is 16.5. The van der Waals surface area contributed by atoms with Crippen molar-refractivity contribution in [3.05, 3.63) is 35.9 Å². The molecule has 0 aliphatic heterocycles. The number of hydrogen-bond donors (Lipinski definition) is 3. The van der Waals surface area contributed by atoms with Crippen molar-refractivity contribution in [1.29, 1.82) is 0 Å². The average molecular weight is 289 g/mol. The number of phenolic OH excluding ortho intramolecular Hbond substituents is 1. The first kappa shape index (κ1) is 15.2. The Hall–Kier alpha value is -2.17. The predicted octanol–water partition coefficient (Wildman–Crippen LogP) is 1.83. The zero-order chi connectivity index (χ0) is 15.1. The highest BCUT2D eigenvalue weighted by Crippen LogP contribution is 2.23. The van der Waals surface area contributed by atoms with Crippen molar-refractivity contribution in [2.45, 2.75) is 25.3 Å². The highest BCUT2D eigenvalue weighted by molar-refractivity contribution is 5.80. The molecule has 0 bridgehead atoms. The maximum absolute atomic E-state index is 9.91. The van der Waals surface area contributed by atoms with E-state index in [4.69, 9.17) is 4.74 Å². The Bertz CT molecular complexity index is 518. The molecule has 114 valence electrons. The number of rotatable bonds is 5. The molecule has 0 unspecified atom stereocenters. The Morgan fingerprint density at radius 3 is 2.76 bits per heavy atom. The second-order valence-corrected chi connectivity index (χ2v) is 5.03. The van der Waals surface area contributed by atoms with E-state index >= 15 is 0 Å². The number of nitrogens with one attached hydrogen (secondary N) is 2. The van der Waals surface area contributed by atoms with E-state index in [2.05, 4.69) is 27.8 Å². The lowest BCUT2D eigenvalue weighted by Gasteiger charge is -2.17. The van der Waals surface area contributed by atoms with E-state index in [9.17, 15) is 5.11 Å². The number of phenols is 1. The predicted molar refractivity (Wildman–Crippen MR) is 85.0 cm³/mol. The molecule has 1 aliphatic rings. The summed E-state index contributed by atoms with van der Waals surface area (Å²) in [6, 6.07) is 5.80. The van der Waals surface area contributed by atoms with E-state index in [1.807, 2.05) is 12.1 Å². The molecule has 2 rings (SSSR count). The van der Waals surface area contributed by atoms with Crippen LogP contribution in [0.1, 0.15) is 18.4 Å². The van der Waals surface area contributed by atoms with Crippen LogP contribution in [0.4, 0.5) is 0 Å². The van der Waals surface area contributed by atoms with Crippen LogP contribution in [-0.4, -0.2) is 37.8 Å². The van der Waals surface area contributed by atoms with Crippen LogP contribution in [-0.2, 0) is 6.42 Å². The molecule has 0 fully saturated rings. The van der Waals surface area contributed by atoms with Crippen LogP contribution in [0, 0.1) is 0 Å². The van der Waals surface area contributed by atoms with Crippen LogP contribution < -0.4 is 15.4 Å². The third-order valence-corrected chi connectivity index (χ3v) is 3.55. The largest absolute Gasteiger partial charge is 0.508 e. The molecule has 1 aromatic rings. The second-order valence-electron chi connectivity index (χ2n) is 5.03. The lowest BCUT2D eigenvalue weighted by molar-refractivity contribution is 0.406. The topological polar surface area (TPSA) is 65.9 Å². The summed E-state index contributed by atoms with van der Waals surface area (Å²) in [6.07, 6.45) is 7.17. The molecule has 1 aromatic carbocycles. The summed E-state index contributed by atoms with van der Waals surface area (Å²) in [5.41, 5.74) is 0.890. The lowest BCUT2D eigenvalue weighted by Crippen LogP contribution is -2.43. The number of ether oxygens (including phenoxy) is 1. The standard InChI is InChI=1S/C16H23N3O2/c1-17-16(19-13-5-3-4-6-13)18-10-9-12-7-8-14(21-2)11-15(12)20/h3-4,7-8,11,13,20H,5-6,9-10H2,1-2H3,(H2,17,18,19). The Morgan fingerprint density at radius 1 is 1.38 bits per heavy atom. The van der Waals surface area contributed by atoms with Gasteiger partial charge in [-0.2, -0.15) is 0 Å². The first-order valence-corrected chi connectivity index (χ1v) is 7.21. The summed E-state index contributed by atoms with van der Waals surface area (Å²) in [7, 11) is 3.35. The molecular weight excluding hydrogens is 266 g/mol. The number of hydrogen-bond acceptors (Lipinski definition) is 3. The van der Waals surface area contributed by atoms with Gasteiger partial charge in [0.2, 0.25) is 0 Å². The summed E-state index contributed by atoms with van der Waals surface area (Å²) in [5, 5.41) is 16.6. The van der Waals surface area contributed by atoms with Gasteiger partial charge >= 0.3 is 0 Å². The monoisotopic (exact) mass is 289 g/mol. The zero-order valence-corrected chi connectivity index (χ0v) is 12.6. The van der Waals surface area contributed by atoms with Gasteiger partial charge in [0.25, 0.3) is 0 Å². The van der Waals surface area contributed by atoms with Crippen LogP contribution in [0.2, 0.25) is 0 Å². The third-order valence-electron chi connectivity index (χ3n) is 3.55. The van der Waals surface area contributed by atoms with Crippen molar-refractivity contribution in [3.8, 4) is 11.5 Å². The number of guanidine groups is 1. The van der Waals surface area contributed by atoms with E-state index < -0.39 is 0 Å². The second kappa shape index (κ2) is 7.57. The number of nitrogens with zero attached hydrogens (tertiary/aromatic N) is 1. The molecule has 0 atom stereocenters. The van der Waals surface area contributed by atoms with Gasteiger partial charge in [0.05, 0.1) is 7.11 Å². The fourth-order valence-corrected chi connectivity index (χ4v) is 2.32. The minimum Gasteiger partial charge on any atom is -0.508 e. The minimum absolute atomic E-state index is 0.263. The van der Waals surface area contributed by atoms with Crippen molar-refractivity contribution >= 4 is 5.96 Å². The molecule has 3 N–H and O–H groups in total. The number of aromatic hydroxyl groups is 1.